The number of benzene rings is 2. The van der Waals surface area contributed by atoms with E-state index in [2.05, 4.69) is 57.7 Å². The third-order valence-corrected chi connectivity index (χ3v) is 3.24. The maximum absolute atomic E-state index is 4.21. The first-order valence-corrected chi connectivity index (χ1v) is 6.58. The second-order valence-electron chi connectivity index (χ2n) is 4.64. The van der Waals surface area contributed by atoms with Crippen LogP contribution < -0.4 is 5.32 Å². The highest BCUT2D eigenvalue weighted by atomic mass is 14.9. The molecule has 1 aromatic heterocycles. The summed E-state index contributed by atoms with van der Waals surface area (Å²) in [6, 6.07) is 15.1. The van der Waals surface area contributed by atoms with Gasteiger partial charge in [0.25, 0.3) is 0 Å². The molecule has 0 aliphatic heterocycles. The van der Waals surface area contributed by atoms with E-state index < -0.39 is 0 Å². The van der Waals surface area contributed by atoms with Crippen molar-refractivity contribution in [3.05, 3.63) is 66.2 Å². The van der Waals surface area contributed by atoms with Crippen LogP contribution in [-0.4, -0.2) is 16.5 Å². The Bertz CT molecular complexity index is 644. The summed E-state index contributed by atoms with van der Waals surface area (Å²) in [6.07, 6.45) is 4.58. The summed E-state index contributed by atoms with van der Waals surface area (Å²) in [6.45, 7) is 1.83. The third-order valence-electron chi connectivity index (χ3n) is 3.24. The average Bonchev–Trinajstić information content (AvgIpc) is 2.97. The summed E-state index contributed by atoms with van der Waals surface area (Å²) >= 11 is 0. The maximum Gasteiger partial charge on any atom is 0.107 e. The lowest BCUT2D eigenvalue weighted by molar-refractivity contribution is 0.674. The molecule has 0 atom stereocenters. The summed E-state index contributed by atoms with van der Waals surface area (Å²) < 4.78 is 0. The molecule has 2 aromatic carbocycles. The minimum atomic E-state index is 0.894. The second kappa shape index (κ2) is 5.67. The molecule has 3 aromatic rings. The number of rotatable bonds is 5. The van der Waals surface area contributed by atoms with Gasteiger partial charge in [-0.1, -0.05) is 36.4 Å². The van der Waals surface area contributed by atoms with Gasteiger partial charge in [0.15, 0.2) is 0 Å². The quantitative estimate of drug-likeness (QED) is 0.685. The van der Waals surface area contributed by atoms with Crippen molar-refractivity contribution >= 4 is 10.8 Å². The van der Waals surface area contributed by atoms with Crippen molar-refractivity contribution in [3.63, 3.8) is 0 Å². The van der Waals surface area contributed by atoms with E-state index in [4.69, 9.17) is 0 Å². The summed E-state index contributed by atoms with van der Waals surface area (Å²) in [7, 11) is 0. The Balaban J connectivity index is 1.56. The monoisotopic (exact) mass is 251 g/mol. The van der Waals surface area contributed by atoms with E-state index in [9.17, 15) is 0 Å². The first-order chi connectivity index (χ1) is 9.42. The van der Waals surface area contributed by atoms with E-state index in [0.717, 1.165) is 25.3 Å². The smallest absolute Gasteiger partial charge is 0.107 e. The molecule has 0 unspecified atom stereocenters. The Morgan fingerprint density at radius 1 is 1.05 bits per heavy atom. The molecule has 0 aliphatic rings. The zero-order valence-corrected chi connectivity index (χ0v) is 10.8. The number of nitrogens with zero attached hydrogens (tertiary/aromatic N) is 1. The molecule has 0 radical (unpaired) electrons. The molecule has 1 heterocycles. The molecule has 3 rings (SSSR count). The number of imidazole rings is 1. The minimum Gasteiger partial charge on any atom is -0.349 e. The number of hydrogen-bond acceptors (Lipinski definition) is 2. The first-order valence-electron chi connectivity index (χ1n) is 6.58. The van der Waals surface area contributed by atoms with Crippen molar-refractivity contribution in [1.82, 2.24) is 15.3 Å². The topological polar surface area (TPSA) is 40.7 Å². The second-order valence-corrected chi connectivity index (χ2v) is 4.64. The largest absolute Gasteiger partial charge is 0.349 e. The number of fused-ring (bicyclic) bond motifs is 1. The van der Waals surface area contributed by atoms with Gasteiger partial charge in [-0.15, -0.1) is 0 Å². The average molecular weight is 251 g/mol. The lowest BCUT2D eigenvalue weighted by atomic mass is 10.1. The van der Waals surface area contributed by atoms with Crippen LogP contribution in [0.1, 0.15) is 11.4 Å². The van der Waals surface area contributed by atoms with Crippen LogP contribution >= 0.6 is 0 Å². The summed E-state index contributed by atoms with van der Waals surface area (Å²) in [4.78, 5) is 7.32. The van der Waals surface area contributed by atoms with E-state index in [1.54, 1.807) is 6.20 Å². The van der Waals surface area contributed by atoms with Gasteiger partial charge in [-0.3, -0.25) is 0 Å². The van der Waals surface area contributed by atoms with Crippen LogP contribution in [0.15, 0.2) is 54.9 Å². The third kappa shape index (κ3) is 3.01. The predicted octanol–water partition coefficient (Wildman–Crippen LogP) is 2.90. The first kappa shape index (κ1) is 11.9. The Morgan fingerprint density at radius 2 is 1.95 bits per heavy atom. The number of nitrogens with one attached hydrogen (secondary N) is 2. The van der Waals surface area contributed by atoms with Crippen LogP contribution in [0, 0.1) is 0 Å². The Hall–Kier alpha value is -2.13. The molecule has 0 aliphatic carbocycles. The van der Waals surface area contributed by atoms with Gasteiger partial charge in [-0.25, -0.2) is 4.98 Å². The number of H-pyrrole nitrogens is 1. The maximum atomic E-state index is 4.21. The van der Waals surface area contributed by atoms with Crippen molar-refractivity contribution in [2.75, 3.05) is 6.54 Å². The summed E-state index contributed by atoms with van der Waals surface area (Å²) in [5.74, 6) is 1.03. The molecule has 3 heteroatoms. The molecule has 0 amide bonds. The van der Waals surface area contributed by atoms with Gasteiger partial charge in [0.1, 0.15) is 5.82 Å². The van der Waals surface area contributed by atoms with Crippen molar-refractivity contribution in [1.29, 1.82) is 0 Å². The molecule has 96 valence electrons. The zero-order chi connectivity index (χ0) is 12.9. The standard InChI is InChI=1S/C16H17N3/c1-2-4-15-11-13(5-6-14(15)3-1)12-17-8-7-16-18-9-10-19-16/h1-6,9-11,17H,7-8,12H2,(H,18,19). The van der Waals surface area contributed by atoms with Crippen molar-refractivity contribution in [3.8, 4) is 0 Å². The normalized spacial score (nSPS) is 10.9. The molecule has 3 nitrogen and oxygen atoms in total. The Kier molecular flexibility index (Phi) is 3.56. The lowest BCUT2D eigenvalue weighted by Crippen LogP contribution is -2.17. The number of aromatic amines is 1. The van der Waals surface area contributed by atoms with Gasteiger partial charge in [0.05, 0.1) is 0 Å². The molecular weight excluding hydrogens is 234 g/mol. The van der Waals surface area contributed by atoms with Gasteiger partial charge in [-0.2, -0.15) is 0 Å². The van der Waals surface area contributed by atoms with Crippen LogP contribution in [-0.2, 0) is 13.0 Å². The molecule has 0 fully saturated rings. The van der Waals surface area contributed by atoms with Crippen molar-refractivity contribution in [2.45, 2.75) is 13.0 Å². The van der Waals surface area contributed by atoms with Crippen LogP contribution in [0.25, 0.3) is 10.8 Å². The molecule has 2 N–H and O–H groups in total. The number of hydrogen-bond donors (Lipinski definition) is 2. The SMILES string of the molecule is c1ccc2cc(CNCCc3ncc[nH]3)ccc2c1. The van der Waals surface area contributed by atoms with Crippen LogP contribution in [0.3, 0.4) is 0 Å². The van der Waals surface area contributed by atoms with E-state index in [1.165, 1.54) is 16.3 Å². The van der Waals surface area contributed by atoms with Crippen LogP contribution in [0.4, 0.5) is 0 Å². The number of aromatic nitrogens is 2. The predicted molar refractivity (Wildman–Crippen MR) is 77.9 cm³/mol. The fourth-order valence-corrected chi connectivity index (χ4v) is 2.22. The summed E-state index contributed by atoms with van der Waals surface area (Å²) in [5, 5.41) is 6.04. The van der Waals surface area contributed by atoms with Gasteiger partial charge in [0.2, 0.25) is 0 Å². The molecular formula is C16H17N3. The highest BCUT2D eigenvalue weighted by Gasteiger charge is 1.97. The molecule has 0 saturated carbocycles. The van der Waals surface area contributed by atoms with E-state index >= 15 is 0 Å². The Labute approximate surface area is 112 Å². The van der Waals surface area contributed by atoms with Gasteiger partial charge in [0, 0.05) is 31.9 Å². The molecule has 19 heavy (non-hydrogen) atoms. The fraction of sp³-hybridized carbons (Fsp3) is 0.188. The Morgan fingerprint density at radius 3 is 2.79 bits per heavy atom. The van der Waals surface area contributed by atoms with Crippen LogP contribution in [0.2, 0.25) is 0 Å². The van der Waals surface area contributed by atoms with Gasteiger partial charge in [-0.05, 0) is 22.4 Å². The van der Waals surface area contributed by atoms with Crippen molar-refractivity contribution < 1.29 is 0 Å². The zero-order valence-electron chi connectivity index (χ0n) is 10.8. The highest BCUT2D eigenvalue weighted by Crippen LogP contribution is 2.15. The van der Waals surface area contributed by atoms with Gasteiger partial charge >= 0.3 is 0 Å². The van der Waals surface area contributed by atoms with Gasteiger partial charge < -0.3 is 10.3 Å². The molecule has 0 saturated heterocycles. The minimum absolute atomic E-state index is 0.894. The fourth-order valence-electron chi connectivity index (χ4n) is 2.22. The van der Waals surface area contributed by atoms with Crippen LogP contribution in [0.5, 0.6) is 0 Å². The highest BCUT2D eigenvalue weighted by molar-refractivity contribution is 5.82. The van der Waals surface area contributed by atoms with E-state index in [0.29, 0.717) is 0 Å². The van der Waals surface area contributed by atoms with Crippen molar-refractivity contribution in [2.24, 2.45) is 0 Å². The lowest BCUT2D eigenvalue weighted by Gasteiger charge is -2.05. The van der Waals surface area contributed by atoms with E-state index in [1.807, 2.05) is 6.20 Å². The molecule has 0 bridgehead atoms. The summed E-state index contributed by atoms with van der Waals surface area (Å²) in [5.41, 5.74) is 1.32. The molecule has 0 spiro atoms. The van der Waals surface area contributed by atoms with E-state index in [-0.39, 0.29) is 0 Å².